The first-order valence-corrected chi connectivity index (χ1v) is 4.51. The van der Waals surface area contributed by atoms with Gasteiger partial charge in [0, 0.05) is 13.6 Å². The summed E-state index contributed by atoms with van der Waals surface area (Å²) in [6.07, 6.45) is 1.52. The number of hydrogen-bond donors (Lipinski definition) is 2. The summed E-state index contributed by atoms with van der Waals surface area (Å²) in [4.78, 5) is 8.10. The number of aromatic nitrogens is 2. The smallest absolute Gasteiger partial charge is 0.145 e. The lowest BCUT2D eigenvalue weighted by molar-refractivity contribution is 1.10. The monoisotopic (exact) mass is 230 g/mol. The number of halogens is 1. The van der Waals surface area contributed by atoms with E-state index in [-0.39, 0.29) is 0 Å². The molecule has 0 spiro atoms. The molecule has 0 aromatic carbocycles. The van der Waals surface area contributed by atoms with Crippen molar-refractivity contribution in [3.8, 4) is 0 Å². The summed E-state index contributed by atoms with van der Waals surface area (Å²) in [7, 11) is 1.82. The van der Waals surface area contributed by atoms with Crippen molar-refractivity contribution in [3.63, 3.8) is 0 Å². The predicted octanol–water partition coefficient (Wildman–Crippen LogP) is 1.71. The minimum atomic E-state index is 0.793. The van der Waals surface area contributed by atoms with Crippen LogP contribution in [0.2, 0.25) is 0 Å². The first-order valence-electron chi connectivity index (χ1n) is 3.71. The van der Waals surface area contributed by atoms with Crippen LogP contribution in [0.3, 0.4) is 0 Å². The number of hydrogen-bond acceptors (Lipinski definition) is 4. The van der Waals surface area contributed by atoms with Crippen LogP contribution >= 0.6 is 15.9 Å². The van der Waals surface area contributed by atoms with E-state index >= 15 is 0 Å². The van der Waals surface area contributed by atoms with Crippen molar-refractivity contribution in [1.29, 1.82) is 0 Å². The molecule has 12 heavy (non-hydrogen) atoms. The van der Waals surface area contributed by atoms with Gasteiger partial charge in [-0.1, -0.05) is 0 Å². The molecule has 0 radical (unpaired) electrons. The molecule has 0 aliphatic carbocycles. The fraction of sp³-hybridized carbons (Fsp3) is 0.429. The van der Waals surface area contributed by atoms with Crippen LogP contribution in [0.15, 0.2) is 10.8 Å². The van der Waals surface area contributed by atoms with Crippen molar-refractivity contribution in [1.82, 2.24) is 9.97 Å². The molecule has 0 atom stereocenters. The van der Waals surface area contributed by atoms with Crippen LogP contribution < -0.4 is 10.6 Å². The third-order valence-electron chi connectivity index (χ3n) is 1.37. The van der Waals surface area contributed by atoms with E-state index in [4.69, 9.17) is 0 Å². The second-order valence-corrected chi connectivity index (χ2v) is 2.96. The molecule has 66 valence electrons. The predicted molar refractivity (Wildman–Crippen MR) is 53.4 cm³/mol. The average Bonchev–Trinajstić information content (AvgIpc) is 2.09. The maximum atomic E-state index is 4.07. The van der Waals surface area contributed by atoms with Gasteiger partial charge in [-0.25, -0.2) is 9.97 Å². The van der Waals surface area contributed by atoms with E-state index in [1.165, 1.54) is 6.33 Å². The van der Waals surface area contributed by atoms with Crippen molar-refractivity contribution in [3.05, 3.63) is 10.8 Å². The van der Waals surface area contributed by atoms with E-state index < -0.39 is 0 Å². The van der Waals surface area contributed by atoms with Gasteiger partial charge in [-0.3, -0.25) is 0 Å². The van der Waals surface area contributed by atoms with Crippen LogP contribution in [0.5, 0.6) is 0 Å². The summed E-state index contributed by atoms with van der Waals surface area (Å²) in [5.74, 6) is 1.61. The second-order valence-electron chi connectivity index (χ2n) is 2.17. The van der Waals surface area contributed by atoms with Crippen molar-refractivity contribution < 1.29 is 0 Å². The first kappa shape index (κ1) is 9.25. The molecule has 0 bridgehead atoms. The van der Waals surface area contributed by atoms with Gasteiger partial charge < -0.3 is 10.6 Å². The highest BCUT2D eigenvalue weighted by molar-refractivity contribution is 9.10. The Bertz CT molecular complexity index is 264. The Morgan fingerprint density at radius 3 is 2.67 bits per heavy atom. The summed E-state index contributed by atoms with van der Waals surface area (Å²) in [6.45, 7) is 2.87. The highest BCUT2D eigenvalue weighted by atomic mass is 79.9. The molecule has 1 rings (SSSR count). The van der Waals surface area contributed by atoms with Crippen LogP contribution in [0, 0.1) is 0 Å². The number of nitrogens with zero attached hydrogens (tertiary/aromatic N) is 2. The van der Waals surface area contributed by atoms with Gasteiger partial charge in [-0.2, -0.15) is 0 Å². The molecule has 4 nitrogen and oxygen atoms in total. The Morgan fingerprint density at radius 2 is 2.08 bits per heavy atom. The quantitative estimate of drug-likeness (QED) is 0.831. The van der Waals surface area contributed by atoms with Gasteiger partial charge in [0.15, 0.2) is 0 Å². The normalized spacial score (nSPS) is 9.58. The SMILES string of the molecule is CCNc1ncnc(NC)c1Br. The van der Waals surface area contributed by atoms with Crippen LogP contribution in [0.25, 0.3) is 0 Å². The van der Waals surface area contributed by atoms with E-state index in [9.17, 15) is 0 Å². The third kappa shape index (κ3) is 1.85. The zero-order valence-electron chi connectivity index (χ0n) is 7.06. The number of nitrogens with one attached hydrogen (secondary N) is 2. The van der Waals surface area contributed by atoms with Gasteiger partial charge in [-0.05, 0) is 22.9 Å². The van der Waals surface area contributed by atoms with Crippen molar-refractivity contribution in [2.75, 3.05) is 24.2 Å². The Morgan fingerprint density at radius 1 is 1.42 bits per heavy atom. The summed E-state index contributed by atoms with van der Waals surface area (Å²) < 4.78 is 0.870. The first-order chi connectivity index (χ1) is 5.79. The maximum Gasteiger partial charge on any atom is 0.145 e. The zero-order chi connectivity index (χ0) is 8.97. The van der Waals surface area contributed by atoms with Crippen molar-refractivity contribution >= 4 is 27.6 Å². The molecule has 2 N–H and O–H groups in total. The zero-order valence-corrected chi connectivity index (χ0v) is 8.64. The molecular weight excluding hydrogens is 220 g/mol. The van der Waals surface area contributed by atoms with Crippen LogP contribution in [0.4, 0.5) is 11.6 Å². The fourth-order valence-electron chi connectivity index (χ4n) is 0.835. The standard InChI is InChI=1S/C7H11BrN4/c1-3-10-7-5(8)6(9-2)11-4-12-7/h4H,3H2,1-2H3,(H2,9,10,11,12). The van der Waals surface area contributed by atoms with E-state index in [0.717, 1.165) is 22.7 Å². The van der Waals surface area contributed by atoms with Gasteiger partial charge >= 0.3 is 0 Å². The highest BCUT2D eigenvalue weighted by Gasteiger charge is 2.04. The minimum Gasteiger partial charge on any atom is -0.372 e. The molecule has 0 aliphatic rings. The van der Waals surface area contributed by atoms with E-state index in [1.54, 1.807) is 0 Å². The van der Waals surface area contributed by atoms with Gasteiger partial charge in [-0.15, -0.1) is 0 Å². The Labute approximate surface area is 79.9 Å². The van der Waals surface area contributed by atoms with E-state index in [1.807, 2.05) is 14.0 Å². The van der Waals surface area contributed by atoms with Crippen LogP contribution in [-0.2, 0) is 0 Å². The van der Waals surface area contributed by atoms with Gasteiger partial charge in [0.25, 0.3) is 0 Å². The van der Waals surface area contributed by atoms with Crippen molar-refractivity contribution in [2.24, 2.45) is 0 Å². The van der Waals surface area contributed by atoms with Gasteiger partial charge in [0.1, 0.15) is 22.4 Å². The van der Waals surface area contributed by atoms with Gasteiger partial charge in [0.2, 0.25) is 0 Å². The molecule has 0 saturated heterocycles. The second kappa shape index (κ2) is 4.25. The molecule has 0 saturated carbocycles. The molecule has 0 amide bonds. The summed E-state index contributed by atoms with van der Waals surface area (Å²) in [6, 6.07) is 0. The Kier molecular flexibility index (Phi) is 3.28. The summed E-state index contributed by atoms with van der Waals surface area (Å²) >= 11 is 3.39. The molecule has 0 aliphatic heterocycles. The van der Waals surface area contributed by atoms with E-state index in [0.29, 0.717) is 0 Å². The molecule has 0 fully saturated rings. The minimum absolute atomic E-state index is 0.793. The molecule has 1 aromatic heterocycles. The summed E-state index contributed by atoms with van der Waals surface area (Å²) in [5.41, 5.74) is 0. The number of anilines is 2. The number of rotatable bonds is 3. The van der Waals surface area contributed by atoms with Crippen molar-refractivity contribution in [2.45, 2.75) is 6.92 Å². The maximum absolute atomic E-state index is 4.07. The largest absolute Gasteiger partial charge is 0.372 e. The molecule has 1 heterocycles. The average molecular weight is 231 g/mol. The van der Waals surface area contributed by atoms with Gasteiger partial charge in [0.05, 0.1) is 0 Å². The molecule has 5 heteroatoms. The lowest BCUT2D eigenvalue weighted by atomic mass is 10.5. The Hall–Kier alpha value is -0.840. The van der Waals surface area contributed by atoms with Crippen LogP contribution in [0.1, 0.15) is 6.92 Å². The van der Waals surface area contributed by atoms with E-state index in [2.05, 4.69) is 36.5 Å². The summed E-state index contributed by atoms with van der Waals surface area (Å²) in [5, 5.41) is 6.07. The Balaban J connectivity index is 2.97. The third-order valence-corrected chi connectivity index (χ3v) is 2.12. The topological polar surface area (TPSA) is 49.8 Å². The molecule has 1 aromatic rings. The lowest BCUT2D eigenvalue weighted by Crippen LogP contribution is -2.03. The molecular formula is C7H11BrN4. The highest BCUT2D eigenvalue weighted by Crippen LogP contribution is 2.25. The van der Waals surface area contributed by atoms with Crippen LogP contribution in [-0.4, -0.2) is 23.6 Å². The molecule has 0 unspecified atom stereocenters. The fourth-order valence-corrected chi connectivity index (χ4v) is 1.38. The lowest BCUT2D eigenvalue weighted by Gasteiger charge is -2.07.